The second-order valence-corrected chi connectivity index (χ2v) is 8.03. The first-order chi connectivity index (χ1) is 12.2. The first-order valence-corrected chi connectivity index (χ1v) is 10.0. The second kappa shape index (κ2) is 7.48. The van der Waals surface area contributed by atoms with E-state index in [4.69, 9.17) is 10.5 Å². The number of rotatable bonds is 3. The molecule has 0 radical (unpaired) electrons. The van der Waals surface area contributed by atoms with Gasteiger partial charge in [-0.1, -0.05) is 36.4 Å². The highest BCUT2D eigenvalue weighted by atomic mass is 79.9. The van der Waals surface area contributed by atoms with E-state index in [1.165, 1.54) is 17.5 Å². The highest BCUT2D eigenvalue weighted by molar-refractivity contribution is 9.10. The number of aryl methyl sites for hydroxylation is 1. The molecule has 2 aromatic carbocycles. The van der Waals surface area contributed by atoms with Crippen LogP contribution in [0.15, 0.2) is 53.0 Å². The number of fused-ring (bicyclic) bond motifs is 1. The van der Waals surface area contributed by atoms with Gasteiger partial charge in [0.25, 0.3) is 0 Å². The van der Waals surface area contributed by atoms with Crippen LogP contribution >= 0.6 is 15.9 Å². The largest absolute Gasteiger partial charge is 0.483 e. The Morgan fingerprint density at radius 1 is 1.04 bits per heavy atom. The molecule has 3 nitrogen and oxygen atoms in total. The maximum absolute atomic E-state index is 6.58. The Morgan fingerprint density at radius 2 is 1.84 bits per heavy atom. The molecular formula is C21H25BrN2O. The number of benzene rings is 2. The molecular weight excluding hydrogens is 376 g/mol. The fourth-order valence-electron chi connectivity index (χ4n) is 4.24. The van der Waals surface area contributed by atoms with Crippen molar-refractivity contribution in [2.75, 3.05) is 13.1 Å². The normalized spacial score (nSPS) is 26.9. The molecule has 1 fully saturated rings. The Balaban J connectivity index is 1.67. The zero-order chi connectivity index (χ0) is 17.2. The quantitative estimate of drug-likeness (QED) is 0.833. The number of hydrogen-bond acceptors (Lipinski definition) is 3. The molecule has 0 saturated carbocycles. The van der Waals surface area contributed by atoms with Crippen molar-refractivity contribution in [3.05, 3.63) is 64.1 Å². The Hall–Kier alpha value is -1.36. The second-order valence-electron chi connectivity index (χ2n) is 7.17. The van der Waals surface area contributed by atoms with Crippen molar-refractivity contribution in [2.45, 2.75) is 43.9 Å². The molecule has 0 spiro atoms. The zero-order valence-electron chi connectivity index (χ0n) is 14.4. The minimum absolute atomic E-state index is 0.0500. The molecule has 25 heavy (non-hydrogen) atoms. The van der Waals surface area contributed by atoms with Crippen LogP contribution in [0.5, 0.6) is 5.75 Å². The lowest BCUT2D eigenvalue weighted by Gasteiger charge is -2.43. The fraction of sp³-hybridized carbons (Fsp3) is 0.429. The van der Waals surface area contributed by atoms with Gasteiger partial charge >= 0.3 is 0 Å². The molecule has 2 aliphatic rings. The molecule has 1 aliphatic heterocycles. The van der Waals surface area contributed by atoms with Gasteiger partial charge in [-0.15, -0.1) is 0 Å². The van der Waals surface area contributed by atoms with Crippen molar-refractivity contribution in [1.82, 2.24) is 4.90 Å². The van der Waals surface area contributed by atoms with E-state index in [1.54, 1.807) is 0 Å². The molecule has 2 aromatic rings. The Bertz CT molecular complexity index is 735. The van der Waals surface area contributed by atoms with E-state index in [2.05, 4.69) is 45.1 Å². The number of nitrogens with two attached hydrogens (primary N) is 1. The molecule has 1 heterocycles. The molecule has 132 valence electrons. The van der Waals surface area contributed by atoms with E-state index >= 15 is 0 Å². The summed E-state index contributed by atoms with van der Waals surface area (Å²) in [6, 6.07) is 17.5. The van der Waals surface area contributed by atoms with Gasteiger partial charge in [-0.05, 0) is 71.4 Å². The summed E-state index contributed by atoms with van der Waals surface area (Å²) in [5.41, 5.74) is 9.00. The van der Waals surface area contributed by atoms with Crippen LogP contribution in [0.1, 0.15) is 36.5 Å². The van der Waals surface area contributed by atoms with Crippen molar-refractivity contribution in [1.29, 1.82) is 0 Å². The summed E-state index contributed by atoms with van der Waals surface area (Å²) in [4.78, 5) is 2.56. The van der Waals surface area contributed by atoms with Crippen molar-refractivity contribution < 1.29 is 4.74 Å². The molecule has 0 bridgehead atoms. The van der Waals surface area contributed by atoms with Crippen molar-refractivity contribution in [2.24, 2.45) is 5.73 Å². The maximum atomic E-state index is 6.58. The third kappa shape index (κ3) is 3.62. The summed E-state index contributed by atoms with van der Waals surface area (Å²) < 4.78 is 7.59. The Morgan fingerprint density at radius 3 is 2.68 bits per heavy atom. The highest BCUT2D eigenvalue weighted by Gasteiger charge is 2.36. The molecule has 3 atom stereocenters. The van der Waals surface area contributed by atoms with Crippen LogP contribution in [-0.4, -0.2) is 30.1 Å². The van der Waals surface area contributed by atoms with E-state index in [0.717, 1.165) is 42.6 Å². The summed E-state index contributed by atoms with van der Waals surface area (Å²) in [7, 11) is 0. The minimum Gasteiger partial charge on any atom is -0.483 e. The molecule has 4 rings (SSSR count). The van der Waals surface area contributed by atoms with E-state index < -0.39 is 0 Å². The van der Waals surface area contributed by atoms with Crippen LogP contribution in [0, 0.1) is 0 Å². The monoisotopic (exact) mass is 400 g/mol. The van der Waals surface area contributed by atoms with Crippen LogP contribution in [0.2, 0.25) is 0 Å². The summed E-state index contributed by atoms with van der Waals surface area (Å²) in [6.45, 7) is 2.10. The number of ether oxygens (including phenoxy) is 1. The van der Waals surface area contributed by atoms with Crippen LogP contribution in [0.3, 0.4) is 0 Å². The van der Waals surface area contributed by atoms with Gasteiger partial charge in [0.1, 0.15) is 11.9 Å². The molecule has 2 unspecified atom stereocenters. The lowest BCUT2D eigenvalue weighted by atomic mass is 9.84. The minimum atomic E-state index is 0.0500. The van der Waals surface area contributed by atoms with Crippen molar-refractivity contribution in [3.8, 4) is 5.75 Å². The third-order valence-corrected chi connectivity index (χ3v) is 6.12. The van der Waals surface area contributed by atoms with E-state index in [-0.39, 0.29) is 12.1 Å². The topological polar surface area (TPSA) is 38.5 Å². The molecule has 1 aliphatic carbocycles. The van der Waals surface area contributed by atoms with E-state index in [9.17, 15) is 0 Å². The van der Waals surface area contributed by atoms with Crippen LogP contribution in [0.4, 0.5) is 0 Å². The summed E-state index contributed by atoms with van der Waals surface area (Å²) in [6.07, 6.45) is 4.60. The smallest absolute Gasteiger partial charge is 0.139 e. The zero-order valence-corrected chi connectivity index (χ0v) is 16.0. The first kappa shape index (κ1) is 17.1. The number of halogens is 1. The first-order valence-electron chi connectivity index (χ1n) is 9.21. The predicted molar refractivity (Wildman–Crippen MR) is 105 cm³/mol. The van der Waals surface area contributed by atoms with Gasteiger partial charge in [0.15, 0.2) is 0 Å². The van der Waals surface area contributed by atoms with Gasteiger partial charge in [-0.2, -0.15) is 0 Å². The number of nitrogens with zero attached hydrogens (tertiary/aromatic N) is 1. The highest BCUT2D eigenvalue weighted by Crippen LogP contribution is 2.39. The number of para-hydroxylation sites is 1. The summed E-state index contributed by atoms with van der Waals surface area (Å²) in [5, 5.41) is 0. The van der Waals surface area contributed by atoms with Crippen LogP contribution < -0.4 is 10.5 Å². The van der Waals surface area contributed by atoms with Crippen LogP contribution in [-0.2, 0) is 6.42 Å². The van der Waals surface area contributed by atoms with Gasteiger partial charge in [0, 0.05) is 12.6 Å². The third-order valence-electron chi connectivity index (χ3n) is 5.47. The van der Waals surface area contributed by atoms with Gasteiger partial charge in [0.05, 0.1) is 10.5 Å². The summed E-state index contributed by atoms with van der Waals surface area (Å²) >= 11 is 3.63. The molecule has 0 aromatic heterocycles. The van der Waals surface area contributed by atoms with Crippen LogP contribution in [0.25, 0.3) is 0 Å². The summed E-state index contributed by atoms with van der Waals surface area (Å²) in [5.74, 6) is 0.913. The average molecular weight is 401 g/mol. The van der Waals surface area contributed by atoms with E-state index in [0.29, 0.717) is 6.04 Å². The fourth-order valence-corrected chi connectivity index (χ4v) is 4.61. The molecule has 4 heteroatoms. The molecule has 1 saturated heterocycles. The van der Waals surface area contributed by atoms with Gasteiger partial charge in [-0.25, -0.2) is 0 Å². The van der Waals surface area contributed by atoms with E-state index in [1.807, 2.05) is 24.3 Å². The Kier molecular flexibility index (Phi) is 5.11. The molecule has 0 amide bonds. The standard InChI is InChI=1S/C21H25BrN2O/c22-18-9-3-4-10-20(18)25-21-17-8-2-1-6-15(17)11-12-19(21)24-13-5-7-16(23)14-24/h1-4,6,8-10,16,19,21H,5,7,11-14,23H2/t16-,19?,21?/m1/s1. The average Bonchev–Trinajstić information content (AvgIpc) is 2.64. The molecule has 2 N–H and O–H groups in total. The van der Waals surface area contributed by atoms with Gasteiger partial charge in [0.2, 0.25) is 0 Å². The van der Waals surface area contributed by atoms with Gasteiger partial charge < -0.3 is 10.5 Å². The van der Waals surface area contributed by atoms with Crippen molar-refractivity contribution >= 4 is 15.9 Å². The van der Waals surface area contributed by atoms with Crippen molar-refractivity contribution in [3.63, 3.8) is 0 Å². The lowest BCUT2D eigenvalue weighted by molar-refractivity contribution is 0.0363. The van der Waals surface area contributed by atoms with Gasteiger partial charge in [-0.3, -0.25) is 4.90 Å². The maximum Gasteiger partial charge on any atom is 0.139 e. The Labute approximate surface area is 158 Å². The SMILES string of the molecule is N[C@@H]1CCCN(C2CCc3ccccc3C2Oc2ccccc2Br)C1. The number of piperidine rings is 1. The number of hydrogen-bond donors (Lipinski definition) is 1. The lowest BCUT2D eigenvalue weighted by Crippen LogP contribution is -2.51. The number of likely N-dealkylation sites (tertiary alicyclic amines) is 1. The predicted octanol–water partition coefficient (Wildman–Crippen LogP) is 4.31.